The summed E-state index contributed by atoms with van der Waals surface area (Å²) in [6.45, 7) is -2.42. The van der Waals surface area contributed by atoms with Gasteiger partial charge in [0.15, 0.2) is 11.0 Å². The molecule has 34 heavy (non-hydrogen) atoms. The minimum atomic E-state index is -2.85. The lowest BCUT2D eigenvalue weighted by atomic mass is 10.1. The maximum Gasteiger partial charge on any atom is 0.387 e. The number of amides is 1. The highest BCUT2D eigenvalue weighted by molar-refractivity contribution is 7.99. The lowest BCUT2D eigenvalue weighted by Crippen LogP contribution is -2.27. The van der Waals surface area contributed by atoms with Crippen molar-refractivity contribution in [2.45, 2.75) is 18.2 Å². The van der Waals surface area contributed by atoms with Crippen LogP contribution in [0.3, 0.4) is 0 Å². The third kappa shape index (κ3) is 6.20. The second-order valence-electron chi connectivity index (χ2n) is 7.25. The first-order chi connectivity index (χ1) is 16.6. The zero-order valence-electron chi connectivity index (χ0n) is 18.1. The Balaban J connectivity index is 1.36. The number of carbonyl (C=O) groups excluding carboxylic acids is 1. The van der Waals surface area contributed by atoms with E-state index in [1.807, 2.05) is 65.2 Å². The monoisotopic (exact) mass is 480 g/mol. The smallest absolute Gasteiger partial charge is 0.387 e. The Morgan fingerprint density at radius 3 is 2.29 bits per heavy atom. The largest absolute Gasteiger partial charge is 0.435 e. The van der Waals surface area contributed by atoms with Crippen molar-refractivity contribution in [2.75, 3.05) is 12.3 Å². The van der Waals surface area contributed by atoms with Crippen molar-refractivity contribution in [1.82, 2.24) is 20.1 Å². The van der Waals surface area contributed by atoms with Crippen molar-refractivity contribution in [3.05, 3.63) is 90.5 Å². The first-order valence-electron chi connectivity index (χ1n) is 10.6. The molecule has 0 saturated carbocycles. The lowest BCUT2D eigenvalue weighted by Gasteiger charge is -2.10. The molecule has 0 bridgehead atoms. The van der Waals surface area contributed by atoms with Crippen LogP contribution in [0, 0.1) is 0 Å². The first-order valence-corrected chi connectivity index (χ1v) is 11.6. The fraction of sp³-hybridized carbons (Fsp3) is 0.160. The Kier molecular flexibility index (Phi) is 7.87. The van der Waals surface area contributed by atoms with Crippen molar-refractivity contribution >= 4 is 17.7 Å². The van der Waals surface area contributed by atoms with E-state index in [1.165, 1.54) is 23.9 Å². The number of rotatable bonds is 10. The van der Waals surface area contributed by atoms with Crippen LogP contribution in [0.25, 0.3) is 17.1 Å². The third-order valence-corrected chi connectivity index (χ3v) is 5.83. The van der Waals surface area contributed by atoms with Crippen LogP contribution < -0.4 is 10.1 Å². The van der Waals surface area contributed by atoms with E-state index in [1.54, 1.807) is 12.1 Å². The Morgan fingerprint density at radius 1 is 0.941 bits per heavy atom. The van der Waals surface area contributed by atoms with Gasteiger partial charge in [-0.2, -0.15) is 8.78 Å². The second kappa shape index (κ2) is 11.4. The molecular weight excluding hydrogens is 458 g/mol. The number of hydrogen-bond acceptors (Lipinski definition) is 5. The molecule has 0 spiro atoms. The molecule has 4 rings (SSSR count). The van der Waals surface area contributed by atoms with Crippen molar-refractivity contribution in [1.29, 1.82) is 0 Å². The number of hydrogen-bond donors (Lipinski definition) is 1. The fourth-order valence-corrected chi connectivity index (χ4v) is 4.09. The van der Waals surface area contributed by atoms with Gasteiger partial charge in [0.05, 0.1) is 5.75 Å². The number of thioether (sulfide) groups is 1. The Labute approximate surface area is 200 Å². The molecule has 0 aliphatic rings. The molecule has 6 nitrogen and oxygen atoms in total. The highest BCUT2D eigenvalue weighted by Gasteiger charge is 2.17. The molecule has 3 aromatic carbocycles. The summed E-state index contributed by atoms with van der Waals surface area (Å²) in [5.41, 5.74) is 2.75. The molecular formula is C25H22F2N4O2S. The molecule has 4 aromatic rings. The summed E-state index contributed by atoms with van der Waals surface area (Å²) in [5.74, 6) is 0.859. The number of halogens is 2. The van der Waals surface area contributed by atoms with Crippen LogP contribution in [0.1, 0.15) is 5.56 Å². The van der Waals surface area contributed by atoms with Crippen LogP contribution in [0.15, 0.2) is 90.1 Å². The standard InChI is InChI=1S/C25H22F2N4O2S/c26-24(27)33-21-13-11-18(12-14-21)15-16-28-22(32)17-34-25-30-29-23(19-7-3-1-4-8-19)31(25)20-9-5-2-6-10-20/h1-14,24H,15-17H2,(H,28,32). The quantitative estimate of drug-likeness (QED) is 0.324. The van der Waals surface area contributed by atoms with E-state index in [4.69, 9.17) is 0 Å². The molecule has 0 aliphatic carbocycles. The van der Waals surface area contributed by atoms with E-state index in [-0.39, 0.29) is 17.4 Å². The topological polar surface area (TPSA) is 69.0 Å². The molecule has 1 N–H and O–H groups in total. The van der Waals surface area contributed by atoms with E-state index in [0.29, 0.717) is 23.9 Å². The van der Waals surface area contributed by atoms with E-state index < -0.39 is 6.61 Å². The summed E-state index contributed by atoms with van der Waals surface area (Å²) < 4.78 is 30.8. The number of ether oxygens (including phenoxy) is 1. The normalized spacial score (nSPS) is 10.9. The summed E-state index contributed by atoms with van der Waals surface area (Å²) in [5, 5.41) is 12.2. The molecule has 1 aromatic heterocycles. The maximum absolute atomic E-state index is 12.4. The van der Waals surface area contributed by atoms with Crippen LogP contribution in [0.2, 0.25) is 0 Å². The summed E-state index contributed by atoms with van der Waals surface area (Å²) in [4.78, 5) is 12.4. The van der Waals surface area contributed by atoms with Gasteiger partial charge in [-0.15, -0.1) is 10.2 Å². The summed E-state index contributed by atoms with van der Waals surface area (Å²) in [6, 6.07) is 25.9. The van der Waals surface area contributed by atoms with Crippen molar-refractivity contribution < 1.29 is 18.3 Å². The zero-order valence-corrected chi connectivity index (χ0v) is 18.9. The molecule has 0 radical (unpaired) electrons. The van der Waals surface area contributed by atoms with Crippen LogP contribution >= 0.6 is 11.8 Å². The molecule has 0 saturated heterocycles. The predicted molar refractivity (Wildman–Crippen MR) is 127 cm³/mol. The Hall–Kier alpha value is -3.72. The van der Waals surface area contributed by atoms with Crippen LogP contribution in [0.4, 0.5) is 8.78 Å². The van der Waals surface area contributed by atoms with Crippen molar-refractivity contribution in [3.63, 3.8) is 0 Å². The van der Waals surface area contributed by atoms with Crippen LogP contribution in [-0.2, 0) is 11.2 Å². The maximum atomic E-state index is 12.4. The minimum absolute atomic E-state index is 0.108. The molecule has 174 valence electrons. The molecule has 0 fully saturated rings. The average Bonchev–Trinajstić information content (AvgIpc) is 3.29. The molecule has 0 aliphatic heterocycles. The number of nitrogens with zero attached hydrogens (tertiary/aromatic N) is 3. The molecule has 1 heterocycles. The van der Waals surface area contributed by atoms with Crippen LogP contribution in [-0.4, -0.2) is 39.6 Å². The highest BCUT2D eigenvalue weighted by atomic mass is 32.2. The SMILES string of the molecule is O=C(CSc1nnc(-c2ccccc2)n1-c1ccccc1)NCCc1ccc(OC(F)F)cc1. The lowest BCUT2D eigenvalue weighted by molar-refractivity contribution is -0.118. The van der Waals surface area contributed by atoms with Crippen LogP contribution in [0.5, 0.6) is 5.75 Å². The summed E-state index contributed by atoms with van der Waals surface area (Å²) in [7, 11) is 0. The van der Waals surface area contributed by atoms with Gasteiger partial charge in [0.25, 0.3) is 0 Å². The number of benzene rings is 3. The highest BCUT2D eigenvalue weighted by Crippen LogP contribution is 2.27. The second-order valence-corrected chi connectivity index (χ2v) is 8.20. The van der Waals surface area contributed by atoms with Gasteiger partial charge in [0.2, 0.25) is 5.91 Å². The first kappa shape index (κ1) is 23.4. The van der Waals surface area contributed by atoms with Gasteiger partial charge in [0.1, 0.15) is 5.75 Å². The van der Waals surface area contributed by atoms with Gasteiger partial charge in [-0.3, -0.25) is 9.36 Å². The molecule has 9 heteroatoms. The number of alkyl halides is 2. The molecule has 1 amide bonds. The van der Waals surface area contributed by atoms with Gasteiger partial charge >= 0.3 is 6.61 Å². The van der Waals surface area contributed by atoms with Gasteiger partial charge in [-0.25, -0.2) is 0 Å². The minimum Gasteiger partial charge on any atom is -0.435 e. The summed E-state index contributed by atoms with van der Waals surface area (Å²) in [6.07, 6.45) is 0.573. The number of carbonyl (C=O) groups is 1. The van der Waals surface area contributed by atoms with E-state index in [0.717, 1.165) is 16.8 Å². The molecule has 0 unspecified atom stereocenters. The van der Waals surface area contributed by atoms with E-state index >= 15 is 0 Å². The predicted octanol–water partition coefficient (Wildman–Crippen LogP) is 4.99. The average molecular weight is 481 g/mol. The van der Waals surface area contributed by atoms with E-state index in [2.05, 4.69) is 20.3 Å². The summed E-state index contributed by atoms with van der Waals surface area (Å²) >= 11 is 1.31. The van der Waals surface area contributed by atoms with Crippen molar-refractivity contribution in [2.24, 2.45) is 0 Å². The van der Waals surface area contributed by atoms with Gasteiger partial charge in [-0.05, 0) is 36.2 Å². The van der Waals surface area contributed by atoms with Gasteiger partial charge < -0.3 is 10.1 Å². The van der Waals surface area contributed by atoms with Crippen molar-refractivity contribution in [3.8, 4) is 22.8 Å². The fourth-order valence-electron chi connectivity index (χ4n) is 3.31. The molecule has 0 atom stereocenters. The number of aromatic nitrogens is 3. The van der Waals surface area contributed by atoms with E-state index in [9.17, 15) is 13.6 Å². The zero-order chi connectivity index (χ0) is 23.8. The number of nitrogens with one attached hydrogen (secondary N) is 1. The Morgan fingerprint density at radius 2 is 1.62 bits per heavy atom. The van der Waals surface area contributed by atoms with Gasteiger partial charge in [0, 0.05) is 17.8 Å². The third-order valence-electron chi connectivity index (χ3n) is 4.90. The number of para-hydroxylation sites is 1. The Bertz CT molecular complexity index is 1200. The van der Waals surface area contributed by atoms with Gasteiger partial charge in [-0.1, -0.05) is 72.4 Å².